The van der Waals surface area contributed by atoms with Crippen LogP contribution in [-0.4, -0.2) is 33.7 Å². The van der Waals surface area contributed by atoms with E-state index < -0.39 is 5.97 Å². The number of nitrogens with zero attached hydrogens (tertiary/aromatic N) is 2. The maximum absolute atomic E-state index is 13.2. The normalized spacial score (nSPS) is 13.8. The van der Waals surface area contributed by atoms with Gasteiger partial charge in [0.05, 0.1) is 12.1 Å². The first-order valence-electron chi connectivity index (χ1n) is 11.0. The second kappa shape index (κ2) is 10.2. The maximum Gasteiger partial charge on any atom is 0.308 e. The molecule has 1 saturated heterocycles. The van der Waals surface area contributed by atoms with Crippen molar-refractivity contribution in [3.05, 3.63) is 82.3 Å². The van der Waals surface area contributed by atoms with Gasteiger partial charge >= 0.3 is 5.97 Å². The highest BCUT2D eigenvalue weighted by atomic mass is 32.2. The minimum absolute atomic E-state index is 0.134. The van der Waals surface area contributed by atoms with E-state index in [-0.39, 0.29) is 29.2 Å². The van der Waals surface area contributed by atoms with Gasteiger partial charge in [-0.15, -0.1) is 0 Å². The molecule has 0 atom stereocenters. The van der Waals surface area contributed by atoms with Crippen molar-refractivity contribution in [3.63, 3.8) is 0 Å². The molecular weight excluding hydrogens is 436 g/mol. The zero-order chi connectivity index (χ0) is 23.4. The van der Waals surface area contributed by atoms with Gasteiger partial charge < -0.3 is 9.30 Å². The van der Waals surface area contributed by atoms with Crippen LogP contribution < -0.4 is 10.3 Å². The summed E-state index contributed by atoms with van der Waals surface area (Å²) in [4.78, 5) is 38.2. The Balaban J connectivity index is 1.60. The zero-order valence-electron chi connectivity index (χ0n) is 18.7. The first kappa shape index (κ1) is 23.0. The number of benzene rings is 2. The van der Waals surface area contributed by atoms with Gasteiger partial charge in [0, 0.05) is 37.2 Å². The van der Waals surface area contributed by atoms with Crippen LogP contribution in [0.3, 0.4) is 0 Å². The van der Waals surface area contributed by atoms with Crippen LogP contribution in [0.15, 0.2) is 70.5 Å². The van der Waals surface area contributed by atoms with E-state index in [1.165, 1.54) is 30.4 Å². The molecule has 33 heavy (non-hydrogen) atoms. The third kappa shape index (κ3) is 5.80. The van der Waals surface area contributed by atoms with E-state index in [2.05, 4.69) is 4.31 Å². The van der Waals surface area contributed by atoms with Crippen molar-refractivity contribution in [2.24, 2.45) is 0 Å². The van der Waals surface area contributed by atoms with Gasteiger partial charge in [0.1, 0.15) is 5.75 Å². The number of ether oxygens (including phenoxy) is 1. The summed E-state index contributed by atoms with van der Waals surface area (Å²) in [6, 6.07) is 16.4. The van der Waals surface area contributed by atoms with E-state index in [0.717, 1.165) is 34.7 Å². The smallest absolute Gasteiger partial charge is 0.308 e. The first-order valence-corrected chi connectivity index (χ1v) is 11.7. The fourth-order valence-electron chi connectivity index (χ4n) is 3.85. The second-order valence-corrected chi connectivity index (χ2v) is 9.33. The number of hydrogen-bond donors (Lipinski definition) is 0. The molecule has 6 nitrogen and oxygen atoms in total. The summed E-state index contributed by atoms with van der Waals surface area (Å²) in [5, 5.41) is 0. The van der Waals surface area contributed by atoms with Crippen molar-refractivity contribution >= 4 is 23.7 Å². The predicted octanol–water partition coefficient (Wildman–Crippen LogP) is 4.73. The van der Waals surface area contributed by atoms with Crippen molar-refractivity contribution < 1.29 is 14.3 Å². The number of ketones is 1. The van der Waals surface area contributed by atoms with Crippen LogP contribution in [0, 0.1) is 6.92 Å². The molecule has 3 aromatic rings. The molecular formula is C26H26N2O4S. The van der Waals surface area contributed by atoms with Gasteiger partial charge in [0.15, 0.2) is 5.78 Å². The molecule has 0 saturated carbocycles. The minimum atomic E-state index is -0.508. The van der Waals surface area contributed by atoms with Crippen molar-refractivity contribution in [1.82, 2.24) is 8.87 Å². The number of aromatic nitrogens is 1. The summed E-state index contributed by atoms with van der Waals surface area (Å²) in [5.41, 5.74) is 2.93. The Morgan fingerprint density at radius 1 is 1.00 bits per heavy atom. The number of aryl methyl sites for hydroxylation is 1. The van der Waals surface area contributed by atoms with Crippen LogP contribution in [0.2, 0.25) is 0 Å². The molecule has 0 unspecified atom stereocenters. The fraction of sp³-hybridized carbons (Fsp3) is 0.269. The quantitative estimate of drug-likeness (QED) is 0.219. The zero-order valence-corrected chi connectivity index (χ0v) is 19.6. The van der Waals surface area contributed by atoms with Crippen LogP contribution in [0.25, 0.3) is 11.1 Å². The van der Waals surface area contributed by atoms with E-state index in [1.807, 2.05) is 37.3 Å². The van der Waals surface area contributed by atoms with E-state index in [9.17, 15) is 14.4 Å². The van der Waals surface area contributed by atoms with Crippen molar-refractivity contribution in [2.75, 3.05) is 13.1 Å². The number of hydrogen-bond acceptors (Lipinski definition) is 6. The molecule has 0 spiro atoms. The largest absolute Gasteiger partial charge is 0.426 e. The molecule has 4 rings (SSSR count). The number of Topliss-reactive ketones (excluding diaryl/α,β-unsaturated/α-hetero) is 1. The van der Waals surface area contributed by atoms with Crippen LogP contribution in [0.5, 0.6) is 5.75 Å². The molecule has 0 N–H and O–H groups in total. The van der Waals surface area contributed by atoms with Gasteiger partial charge in [-0.25, -0.2) is 4.31 Å². The van der Waals surface area contributed by atoms with Crippen molar-refractivity contribution in [1.29, 1.82) is 0 Å². The van der Waals surface area contributed by atoms with Gasteiger partial charge in [-0.3, -0.25) is 14.4 Å². The molecule has 0 bridgehead atoms. The summed E-state index contributed by atoms with van der Waals surface area (Å²) >= 11 is 1.60. The Hall–Kier alpha value is -3.16. The van der Waals surface area contributed by atoms with Gasteiger partial charge in [0.2, 0.25) is 0 Å². The van der Waals surface area contributed by atoms with E-state index in [4.69, 9.17) is 4.74 Å². The van der Waals surface area contributed by atoms with Crippen molar-refractivity contribution in [2.45, 2.75) is 38.1 Å². The highest BCUT2D eigenvalue weighted by molar-refractivity contribution is 7.97. The lowest BCUT2D eigenvalue weighted by Gasteiger charge is -2.15. The summed E-state index contributed by atoms with van der Waals surface area (Å²) in [5.74, 6) is -0.610. The molecule has 170 valence electrons. The molecule has 0 radical (unpaired) electrons. The lowest BCUT2D eigenvalue weighted by Crippen LogP contribution is -2.24. The Morgan fingerprint density at radius 2 is 1.76 bits per heavy atom. The molecule has 0 aliphatic carbocycles. The number of pyridine rings is 1. The van der Waals surface area contributed by atoms with Gasteiger partial charge in [-0.2, -0.15) is 0 Å². The summed E-state index contributed by atoms with van der Waals surface area (Å²) < 4.78 is 9.05. The number of rotatable bonds is 7. The molecule has 1 aliphatic rings. The molecule has 1 fully saturated rings. The molecule has 2 heterocycles. The Labute approximate surface area is 197 Å². The lowest BCUT2D eigenvalue weighted by molar-refractivity contribution is -0.131. The van der Waals surface area contributed by atoms with E-state index in [0.29, 0.717) is 0 Å². The lowest BCUT2D eigenvalue weighted by atomic mass is 10.00. The highest BCUT2D eigenvalue weighted by Gasteiger charge is 2.18. The van der Waals surface area contributed by atoms with Crippen LogP contribution >= 0.6 is 11.9 Å². The fourth-order valence-corrected chi connectivity index (χ4v) is 4.89. The number of carbonyl (C=O) groups is 2. The predicted molar refractivity (Wildman–Crippen MR) is 130 cm³/mol. The van der Waals surface area contributed by atoms with E-state index >= 15 is 0 Å². The molecule has 1 aliphatic heterocycles. The first-order chi connectivity index (χ1) is 15.9. The minimum Gasteiger partial charge on any atom is -0.426 e. The summed E-state index contributed by atoms with van der Waals surface area (Å²) in [7, 11) is 0. The van der Waals surface area contributed by atoms with Crippen LogP contribution in [0.1, 0.15) is 35.7 Å². The second-order valence-electron chi connectivity index (χ2n) is 8.16. The molecule has 1 aromatic heterocycles. The Morgan fingerprint density at radius 3 is 2.48 bits per heavy atom. The van der Waals surface area contributed by atoms with Gasteiger partial charge in [-0.1, -0.05) is 35.9 Å². The average molecular weight is 463 g/mol. The summed E-state index contributed by atoms with van der Waals surface area (Å²) in [6.07, 6.45) is 4.06. The molecule has 0 amide bonds. The Bertz CT molecular complexity index is 1250. The number of carbonyl (C=O) groups excluding carboxylic acids is 2. The standard InChI is InChI=1S/C26H26N2O4S/c1-18-6-5-7-20(14-18)21-8-10-23(25(15-21)32-19(2)29)24(30)17-27-16-22(9-11-26(27)31)33-28-12-3-4-13-28/h5-11,14-16H,3-4,12-13,17H2,1-2H3. The highest BCUT2D eigenvalue weighted by Crippen LogP contribution is 2.29. The third-order valence-electron chi connectivity index (χ3n) is 5.46. The molecule has 7 heteroatoms. The maximum atomic E-state index is 13.2. The topological polar surface area (TPSA) is 68.6 Å². The SMILES string of the molecule is CC(=O)Oc1cc(-c2cccc(C)c2)ccc1C(=O)Cn1cc(SN2CCCC2)ccc1=O. The monoisotopic (exact) mass is 462 g/mol. The number of esters is 1. The van der Waals surface area contributed by atoms with E-state index in [1.54, 1.807) is 36.3 Å². The third-order valence-corrected chi connectivity index (χ3v) is 6.53. The van der Waals surface area contributed by atoms with Crippen LogP contribution in [0.4, 0.5) is 0 Å². The average Bonchev–Trinajstić information content (AvgIpc) is 3.28. The van der Waals surface area contributed by atoms with Gasteiger partial charge in [-0.05, 0) is 61.0 Å². The van der Waals surface area contributed by atoms with Gasteiger partial charge in [0.25, 0.3) is 5.56 Å². The summed E-state index contributed by atoms with van der Waals surface area (Å²) in [6.45, 7) is 5.20. The van der Waals surface area contributed by atoms with Crippen molar-refractivity contribution in [3.8, 4) is 16.9 Å². The van der Waals surface area contributed by atoms with Crippen LogP contribution in [-0.2, 0) is 11.3 Å². The molecule has 2 aromatic carbocycles. The Kier molecular flexibility index (Phi) is 7.11.